The van der Waals surface area contributed by atoms with E-state index in [9.17, 15) is 14.4 Å². The Hall–Kier alpha value is -2.57. The van der Waals surface area contributed by atoms with Crippen LogP contribution in [0.5, 0.6) is 0 Å². The van der Waals surface area contributed by atoms with Crippen LogP contribution < -0.4 is 10.2 Å². The first kappa shape index (κ1) is 19.2. The van der Waals surface area contributed by atoms with Crippen LogP contribution in [0.25, 0.3) is 0 Å². The molecule has 1 N–H and O–H groups in total. The molecular weight excluding hydrogens is 344 g/mol. The van der Waals surface area contributed by atoms with Crippen LogP contribution in [0.2, 0.25) is 0 Å². The van der Waals surface area contributed by atoms with Crippen LogP contribution in [-0.2, 0) is 22.4 Å². The maximum atomic E-state index is 12.6. The monoisotopic (exact) mass is 372 g/mol. The Labute approximate surface area is 160 Å². The lowest BCUT2D eigenvalue weighted by Gasteiger charge is -2.35. The molecule has 3 rings (SSSR count). The summed E-state index contributed by atoms with van der Waals surface area (Å²) in [6, 6.07) is 5.87. The highest BCUT2D eigenvalue weighted by Crippen LogP contribution is 2.27. The molecule has 0 bridgehead atoms. The molecule has 1 aromatic carbocycles. The molecule has 1 aromatic rings. The van der Waals surface area contributed by atoms with Crippen molar-refractivity contribution in [3.8, 4) is 0 Å². The molecule has 0 radical (unpaired) electrons. The zero-order valence-electron chi connectivity index (χ0n) is 16.2. The van der Waals surface area contributed by atoms with Crippen molar-refractivity contribution in [1.82, 2.24) is 15.1 Å². The number of nitrogens with zero attached hydrogens (tertiary/aromatic N) is 3. The summed E-state index contributed by atoms with van der Waals surface area (Å²) in [5, 5.41) is 2.88. The SMILES string of the molecule is CCCNC(=O)N1CCN(C(=O)Cc2ccc3c(c2)CCC(=O)N3C)CC1. The molecule has 0 unspecified atom stereocenters. The lowest BCUT2D eigenvalue weighted by Crippen LogP contribution is -2.53. The summed E-state index contributed by atoms with van der Waals surface area (Å²) in [7, 11) is 1.79. The van der Waals surface area contributed by atoms with Gasteiger partial charge < -0.3 is 20.0 Å². The molecule has 0 saturated carbocycles. The first-order valence-electron chi connectivity index (χ1n) is 9.68. The number of fused-ring (bicyclic) bond motifs is 1. The Kier molecular flexibility index (Phi) is 5.98. The lowest BCUT2D eigenvalue weighted by atomic mass is 9.98. The van der Waals surface area contributed by atoms with Gasteiger partial charge in [0.1, 0.15) is 0 Å². The number of hydrogen-bond donors (Lipinski definition) is 1. The summed E-state index contributed by atoms with van der Waals surface area (Å²) in [5.74, 6) is 0.218. The van der Waals surface area contributed by atoms with Crippen LogP contribution in [0.3, 0.4) is 0 Å². The van der Waals surface area contributed by atoms with E-state index in [0.29, 0.717) is 45.6 Å². The van der Waals surface area contributed by atoms with Gasteiger partial charge in [-0.1, -0.05) is 19.1 Å². The summed E-state index contributed by atoms with van der Waals surface area (Å²) >= 11 is 0. The minimum Gasteiger partial charge on any atom is -0.339 e. The van der Waals surface area contributed by atoms with Gasteiger partial charge in [-0.3, -0.25) is 9.59 Å². The zero-order chi connectivity index (χ0) is 19.4. The standard InChI is InChI=1S/C20H28N4O3/c1-3-8-21-20(27)24-11-9-23(10-12-24)19(26)14-15-4-6-17-16(13-15)5-7-18(25)22(17)2/h4,6,13H,3,5,7-12,14H2,1-2H3,(H,21,27). The number of carbonyl (C=O) groups excluding carboxylic acids is 3. The third kappa shape index (κ3) is 4.40. The summed E-state index contributed by atoms with van der Waals surface area (Å²) in [4.78, 5) is 41.7. The Morgan fingerprint density at radius 2 is 1.78 bits per heavy atom. The summed E-state index contributed by atoms with van der Waals surface area (Å²) in [6.45, 7) is 4.97. The molecule has 0 spiro atoms. The molecule has 1 saturated heterocycles. The van der Waals surface area contributed by atoms with Crippen molar-refractivity contribution >= 4 is 23.5 Å². The molecule has 0 aromatic heterocycles. The normalized spacial score (nSPS) is 17.0. The highest BCUT2D eigenvalue weighted by atomic mass is 16.2. The molecule has 0 aliphatic carbocycles. The van der Waals surface area contributed by atoms with Crippen LogP contribution >= 0.6 is 0 Å². The van der Waals surface area contributed by atoms with Gasteiger partial charge in [0.05, 0.1) is 6.42 Å². The van der Waals surface area contributed by atoms with Gasteiger partial charge >= 0.3 is 6.03 Å². The van der Waals surface area contributed by atoms with E-state index in [2.05, 4.69) is 5.32 Å². The number of anilines is 1. The van der Waals surface area contributed by atoms with Crippen molar-refractivity contribution in [1.29, 1.82) is 0 Å². The second kappa shape index (κ2) is 8.41. The maximum absolute atomic E-state index is 12.6. The van der Waals surface area contributed by atoms with Gasteiger partial charge in [0.2, 0.25) is 11.8 Å². The van der Waals surface area contributed by atoms with E-state index in [-0.39, 0.29) is 17.8 Å². The minimum atomic E-state index is -0.0442. The lowest BCUT2D eigenvalue weighted by molar-refractivity contribution is -0.131. The molecule has 146 valence electrons. The van der Waals surface area contributed by atoms with Crippen molar-refractivity contribution in [2.24, 2.45) is 0 Å². The molecule has 7 nitrogen and oxygen atoms in total. The second-order valence-corrected chi connectivity index (χ2v) is 7.19. The molecule has 2 aliphatic rings. The topological polar surface area (TPSA) is 73.0 Å². The number of aryl methyl sites for hydroxylation is 1. The van der Waals surface area contributed by atoms with Gasteiger partial charge in [-0.25, -0.2) is 4.79 Å². The smallest absolute Gasteiger partial charge is 0.317 e. The highest BCUT2D eigenvalue weighted by Gasteiger charge is 2.25. The number of piperazine rings is 1. The summed E-state index contributed by atoms with van der Waals surface area (Å²) < 4.78 is 0. The fourth-order valence-corrected chi connectivity index (χ4v) is 3.61. The van der Waals surface area contributed by atoms with E-state index in [1.54, 1.807) is 16.8 Å². The van der Waals surface area contributed by atoms with Gasteiger partial charge in [0, 0.05) is 51.9 Å². The number of benzene rings is 1. The largest absolute Gasteiger partial charge is 0.339 e. The quantitative estimate of drug-likeness (QED) is 0.868. The molecule has 2 aliphatic heterocycles. The third-order valence-corrected chi connectivity index (χ3v) is 5.29. The van der Waals surface area contributed by atoms with Crippen LogP contribution in [0.1, 0.15) is 30.9 Å². The van der Waals surface area contributed by atoms with Crippen LogP contribution in [0, 0.1) is 0 Å². The zero-order valence-corrected chi connectivity index (χ0v) is 16.2. The average molecular weight is 372 g/mol. The van der Waals surface area contributed by atoms with Crippen molar-refractivity contribution in [2.45, 2.75) is 32.6 Å². The van der Waals surface area contributed by atoms with Gasteiger partial charge in [0.25, 0.3) is 0 Å². The number of nitrogens with one attached hydrogen (secondary N) is 1. The van der Waals surface area contributed by atoms with Gasteiger partial charge in [-0.2, -0.15) is 0 Å². The number of hydrogen-bond acceptors (Lipinski definition) is 3. The Balaban J connectivity index is 1.54. The summed E-state index contributed by atoms with van der Waals surface area (Å²) in [5.41, 5.74) is 3.04. The predicted octanol–water partition coefficient (Wildman–Crippen LogP) is 1.40. The fraction of sp³-hybridized carbons (Fsp3) is 0.550. The van der Waals surface area contributed by atoms with Crippen molar-refractivity contribution in [3.63, 3.8) is 0 Å². The first-order chi connectivity index (χ1) is 13.0. The number of carbonyl (C=O) groups is 3. The molecule has 0 atom stereocenters. The molecule has 7 heteroatoms. The first-order valence-corrected chi connectivity index (χ1v) is 9.68. The Morgan fingerprint density at radius 1 is 1.07 bits per heavy atom. The highest BCUT2D eigenvalue weighted by molar-refractivity contribution is 5.96. The van der Waals surface area contributed by atoms with Gasteiger partial charge in [-0.05, 0) is 30.0 Å². The van der Waals surface area contributed by atoms with Gasteiger partial charge in [0.15, 0.2) is 0 Å². The van der Waals surface area contributed by atoms with Crippen LogP contribution in [0.4, 0.5) is 10.5 Å². The van der Waals surface area contributed by atoms with E-state index in [4.69, 9.17) is 0 Å². The molecular formula is C20H28N4O3. The second-order valence-electron chi connectivity index (χ2n) is 7.19. The van der Waals surface area contributed by atoms with E-state index in [0.717, 1.165) is 29.7 Å². The van der Waals surface area contributed by atoms with E-state index < -0.39 is 0 Å². The van der Waals surface area contributed by atoms with Crippen LogP contribution in [0.15, 0.2) is 18.2 Å². The number of amides is 4. The van der Waals surface area contributed by atoms with E-state index in [1.807, 2.05) is 30.0 Å². The fourth-order valence-electron chi connectivity index (χ4n) is 3.61. The third-order valence-electron chi connectivity index (χ3n) is 5.29. The van der Waals surface area contributed by atoms with Gasteiger partial charge in [-0.15, -0.1) is 0 Å². The Morgan fingerprint density at radius 3 is 2.48 bits per heavy atom. The van der Waals surface area contributed by atoms with E-state index in [1.165, 1.54) is 0 Å². The molecule has 4 amide bonds. The summed E-state index contributed by atoms with van der Waals surface area (Å²) in [6.07, 6.45) is 2.51. The number of urea groups is 1. The van der Waals surface area contributed by atoms with E-state index >= 15 is 0 Å². The molecule has 2 heterocycles. The number of rotatable bonds is 4. The van der Waals surface area contributed by atoms with Crippen molar-refractivity contribution < 1.29 is 14.4 Å². The minimum absolute atomic E-state index is 0.0442. The predicted molar refractivity (Wildman–Crippen MR) is 104 cm³/mol. The Bertz CT molecular complexity index is 726. The molecule has 27 heavy (non-hydrogen) atoms. The average Bonchev–Trinajstić information content (AvgIpc) is 2.69. The van der Waals surface area contributed by atoms with Crippen molar-refractivity contribution in [2.75, 3.05) is 44.7 Å². The maximum Gasteiger partial charge on any atom is 0.317 e. The van der Waals surface area contributed by atoms with Crippen molar-refractivity contribution in [3.05, 3.63) is 29.3 Å². The van der Waals surface area contributed by atoms with Crippen LogP contribution in [-0.4, -0.2) is 67.4 Å². The molecule has 1 fully saturated rings.